The molecule has 3 heteroatoms. The molecule has 0 spiro atoms. The fourth-order valence-corrected chi connectivity index (χ4v) is 1.54. The topological polar surface area (TPSA) is 22.0 Å². The zero-order valence-electron chi connectivity index (χ0n) is 7.61. The van der Waals surface area contributed by atoms with Crippen molar-refractivity contribution >= 4 is 17.2 Å². The van der Waals surface area contributed by atoms with Crippen molar-refractivity contribution in [2.45, 2.75) is 13.0 Å². The summed E-state index contributed by atoms with van der Waals surface area (Å²) in [5.41, 5.74) is 0.840. The Morgan fingerprint density at radius 3 is 3.00 bits per heavy atom. The molecule has 0 fully saturated rings. The summed E-state index contributed by atoms with van der Waals surface area (Å²) in [4.78, 5) is 10.2. The van der Waals surface area contributed by atoms with Crippen molar-refractivity contribution in [1.29, 1.82) is 0 Å². The van der Waals surface area contributed by atoms with Crippen molar-refractivity contribution in [2.24, 2.45) is 0 Å². The third-order valence-corrected chi connectivity index (χ3v) is 2.22. The van der Waals surface area contributed by atoms with Crippen molar-refractivity contribution in [2.75, 3.05) is 0 Å². The van der Waals surface area contributed by atoms with Crippen LogP contribution in [0, 0.1) is 5.82 Å². The average molecular weight is 191 g/mol. The highest BCUT2D eigenvalue weighted by atomic mass is 19.1. The Kier molecular flexibility index (Phi) is 2.31. The highest BCUT2D eigenvalue weighted by Gasteiger charge is 2.01. The van der Waals surface area contributed by atoms with Gasteiger partial charge in [-0.1, -0.05) is 0 Å². The van der Waals surface area contributed by atoms with Gasteiger partial charge in [0.1, 0.15) is 12.1 Å². The van der Waals surface area contributed by atoms with Gasteiger partial charge in [0, 0.05) is 19.2 Å². The molecule has 1 heterocycles. The van der Waals surface area contributed by atoms with E-state index in [1.54, 1.807) is 6.07 Å². The van der Waals surface area contributed by atoms with Crippen molar-refractivity contribution in [3.05, 3.63) is 36.3 Å². The van der Waals surface area contributed by atoms with E-state index in [2.05, 4.69) is 0 Å². The standard InChI is InChI=1S/C11H10FNO/c12-10-3-2-9-4-6-13(5-1-7-14)11(9)8-10/h2-4,6-8H,1,5H2. The van der Waals surface area contributed by atoms with E-state index in [0.717, 1.165) is 17.2 Å². The number of carbonyl (C=O) groups excluding carboxylic acids is 1. The monoisotopic (exact) mass is 191 g/mol. The minimum Gasteiger partial charge on any atom is -0.347 e. The molecule has 72 valence electrons. The van der Waals surface area contributed by atoms with Crippen molar-refractivity contribution < 1.29 is 9.18 Å². The molecule has 1 aromatic carbocycles. The van der Waals surface area contributed by atoms with Gasteiger partial charge in [-0.3, -0.25) is 0 Å². The summed E-state index contributed by atoms with van der Waals surface area (Å²) >= 11 is 0. The maximum absolute atomic E-state index is 12.9. The Labute approximate surface area is 81.0 Å². The molecule has 2 aromatic rings. The number of carbonyl (C=O) groups is 1. The second-order valence-electron chi connectivity index (χ2n) is 3.17. The van der Waals surface area contributed by atoms with Crippen LogP contribution in [0.3, 0.4) is 0 Å². The molecule has 0 saturated carbocycles. The molecule has 0 bridgehead atoms. The molecule has 0 radical (unpaired) electrons. The molecule has 0 aliphatic carbocycles. The minimum absolute atomic E-state index is 0.247. The summed E-state index contributed by atoms with van der Waals surface area (Å²) in [5.74, 6) is -0.247. The second kappa shape index (κ2) is 3.62. The van der Waals surface area contributed by atoms with Crippen molar-refractivity contribution in [3.63, 3.8) is 0 Å². The average Bonchev–Trinajstić information content (AvgIpc) is 2.57. The van der Waals surface area contributed by atoms with Gasteiger partial charge in [-0.25, -0.2) is 4.39 Å². The lowest BCUT2D eigenvalue weighted by molar-refractivity contribution is -0.108. The number of benzene rings is 1. The molecule has 0 atom stereocenters. The van der Waals surface area contributed by atoms with E-state index < -0.39 is 0 Å². The Bertz CT molecular complexity index is 461. The lowest BCUT2D eigenvalue weighted by Crippen LogP contribution is -1.96. The van der Waals surface area contributed by atoms with Crippen LogP contribution in [0.5, 0.6) is 0 Å². The van der Waals surface area contributed by atoms with Gasteiger partial charge in [0.2, 0.25) is 0 Å². The van der Waals surface area contributed by atoms with Gasteiger partial charge in [-0.05, 0) is 29.7 Å². The first-order valence-corrected chi connectivity index (χ1v) is 4.49. The highest BCUT2D eigenvalue weighted by molar-refractivity contribution is 5.80. The summed E-state index contributed by atoms with van der Waals surface area (Å²) in [6, 6.07) is 6.58. The first kappa shape index (κ1) is 8.94. The van der Waals surface area contributed by atoms with Gasteiger partial charge in [0.05, 0.1) is 5.52 Å². The number of halogens is 1. The largest absolute Gasteiger partial charge is 0.347 e. The summed E-state index contributed by atoms with van der Waals surface area (Å²) in [6.07, 6.45) is 3.19. The van der Waals surface area contributed by atoms with Crippen LogP contribution < -0.4 is 0 Å². The number of aromatic nitrogens is 1. The highest BCUT2D eigenvalue weighted by Crippen LogP contribution is 2.17. The van der Waals surface area contributed by atoms with Crippen molar-refractivity contribution in [3.8, 4) is 0 Å². The first-order chi connectivity index (χ1) is 6.81. The van der Waals surface area contributed by atoms with Crippen LogP contribution in [0.4, 0.5) is 4.39 Å². The lowest BCUT2D eigenvalue weighted by Gasteiger charge is -2.01. The van der Waals surface area contributed by atoms with E-state index in [-0.39, 0.29) is 5.82 Å². The summed E-state index contributed by atoms with van der Waals surface area (Å²) in [6.45, 7) is 0.608. The van der Waals surface area contributed by atoms with Crippen LogP contribution in [0.25, 0.3) is 10.9 Å². The second-order valence-corrected chi connectivity index (χ2v) is 3.17. The van der Waals surface area contributed by atoms with Crippen LogP contribution in [0.15, 0.2) is 30.5 Å². The Balaban J connectivity index is 2.44. The fraction of sp³-hybridized carbons (Fsp3) is 0.182. The number of nitrogens with zero attached hydrogens (tertiary/aromatic N) is 1. The third kappa shape index (κ3) is 1.53. The summed E-state index contributed by atoms with van der Waals surface area (Å²) < 4.78 is 14.8. The number of hydrogen-bond donors (Lipinski definition) is 0. The van der Waals surface area contributed by atoms with Crippen LogP contribution in [-0.4, -0.2) is 10.9 Å². The van der Waals surface area contributed by atoms with E-state index in [4.69, 9.17) is 0 Å². The van der Waals surface area contributed by atoms with Crippen LogP contribution in [0.2, 0.25) is 0 Å². The van der Waals surface area contributed by atoms with E-state index in [1.165, 1.54) is 12.1 Å². The molecule has 0 N–H and O–H groups in total. The molecule has 2 nitrogen and oxygen atoms in total. The normalized spacial score (nSPS) is 10.6. The molecule has 0 aliphatic heterocycles. The van der Waals surface area contributed by atoms with Crippen LogP contribution in [-0.2, 0) is 11.3 Å². The van der Waals surface area contributed by atoms with Gasteiger partial charge in [0.25, 0.3) is 0 Å². The number of aldehydes is 1. The Morgan fingerprint density at radius 1 is 1.36 bits per heavy atom. The quantitative estimate of drug-likeness (QED) is 0.682. The predicted octanol–water partition coefficient (Wildman–Crippen LogP) is 2.37. The molecule has 0 unspecified atom stereocenters. The van der Waals surface area contributed by atoms with Crippen molar-refractivity contribution in [1.82, 2.24) is 4.57 Å². The SMILES string of the molecule is O=CCCn1ccc2ccc(F)cc21. The number of fused-ring (bicyclic) bond motifs is 1. The van der Waals surface area contributed by atoms with E-state index in [1.807, 2.05) is 16.8 Å². The van der Waals surface area contributed by atoms with Crippen LogP contribution >= 0.6 is 0 Å². The molecule has 2 rings (SSSR count). The molecule has 0 aliphatic rings. The van der Waals surface area contributed by atoms with E-state index >= 15 is 0 Å². The van der Waals surface area contributed by atoms with Gasteiger partial charge in [0.15, 0.2) is 0 Å². The molecule has 1 aromatic heterocycles. The predicted molar refractivity (Wildman–Crippen MR) is 52.6 cm³/mol. The minimum atomic E-state index is -0.247. The maximum atomic E-state index is 12.9. The zero-order chi connectivity index (χ0) is 9.97. The number of hydrogen-bond acceptors (Lipinski definition) is 1. The zero-order valence-corrected chi connectivity index (χ0v) is 7.61. The first-order valence-electron chi connectivity index (χ1n) is 4.49. The van der Waals surface area contributed by atoms with Gasteiger partial charge in [-0.15, -0.1) is 0 Å². The Hall–Kier alpha value is -1.64. The van der Waals surface area contributed by atoms with E-state index in [0.29, 0.717) is 13.0 Å². The third-order valence-electron chi connectivity index (χ3n) is 2.22. The lowest BCUT2D eigenvalue weighted by atomic mass is 10.2. The molecular weight excluding hydrogens is 181 g/mol. The number of rotatable bonds is 3. The smallest absolute Gasteiger partial charge is 0.125 e. The summed E-state index contributed by atoms with van der Waals surface area (Å²) in [5, 5.41) is 0.997. The van der Waals surface area contributed by atoms with Crippen LogP contribution in [0.1, 0.15) is 6.42 Å². The number of aryl methyl sites for hydroxylation is 1. The maximum Gasteiger partial charge on any atom is 0.125 e. The summed E-state index contributed by atoms with van der Waals surface area (Å²) in [7, 11) is 0. The molecular formula is C11H10FNO. The van der Waals surface area contributed by atoms with Gasteiger partial charge < -0.3 is 9.36 Å². The fourth-order valence-electron chi connectivity index (χ4n) is 1.54. The van der Waals surface area contributed by atoms with E-state index in [9.17, 15) is 9.18 Å². The molecule has 0 saturated heterocycles. The van der Waals surface area contributed by atoms with Gasteiger partial charge in [-0.2, -0.15) is 0 Å². The molecule has 14 heavy (non-hydrogen) atoms. The Morgan fingerprint density at radius 2 is 2.21 bits per heavy atom. The van der Waals surface area contributed by atoms with Gasteiger partial charge >= 0.3 is 0 Å². The molecule has 0 amide bonds.